The maximum atomic E-state index is 14.0. The molecule has 0 radical (unpaired) electrons. The Kier molecular flexibility index (Phi) is 10.4. The molecule has 0 unspecified atom stereocenters. The summed E-state index contributed by atoms with van der Waals surface area (Å²) < 4.78 is 34.3. The van der Waals surface area contributed by atoms with Crippen LogP contribution in [0.3, 0.4) is 0 Å². The standard InChI is InChI=1S/C29H34ClN3O5S/c1-5-27(29(35)31-4)32(19-22-10-8-7-9-21(22)3)28(34)20-33(24-13-15-25(16-14-24)38-6-2)39(36,37)26-17-11-23(30)12-18-26/h7-18,27H,5-6,19-20H2,1-4H3,(H,31,35)/t27-/m1/s1. The highest BCUT2D eigenvalue weighted by Crippen LogP contribution is 2.27. The Morgan fingerprint density at radius 3 is 2.18 bits per heavy atom. The first-order chi connectivity index (χ1) is 18.6. The van der Waals surface area contributed by atoms with Crippen LogP contribution < -0.4 is 14.4 Å². The van der Waals surface area contributed by atoms with Crippen LogP contribution in [0.25, 0.3) is 0 Å². The summed E-state index contributed by atoms with van der Waals surface area (Å²) in [7, 11) is -2.67. The van der Waals surface area contributed by atoms with Crippen molar-refractivity contribution >= 4 is 39.1 Å². The predicted octanol–water partition coefficient (Wildman–Crippen LogP) is 4.80. The molecule has 0 fully saturated rings. The van der Waals surface area contributed by atoms with Crippen LogP contribution in [0.15, 0.2) is 77.7 Å². The summed E-state index contributed by atoms with van der Waals surface area (Å²) in [5.74, 6) is -0.268. The molecular formula is C29H34ClN3O5S. The van der Waals surface area contributed by atoms with E-state index in [1.54, 1.807) is 24.3 Å². The molecule has 1 atom stereocenters. The summed E-state index contributed by atoms with van der Waals surface area (Å²) in [6.45, 7) is 5.68. The molecule has 39 heavy (non-hydrogen) atoms. The number of ether oxygens (including phenoxy) is 1. The van der Waals surface area contributed by atoms with Gasteiger partial charge in [0.05, 0.1) is 17.2 Å². The number of halogens is 1. The Morgan fingerprint density at radius 1 is 0.974 bits per heavy atom. The number of benzene rings is 3. The average molecular weight is 572 g/mol. The van der Waals surface area contributed by atoms with Gasteiger partial charge in [-0.3, -0.25) is 13.9 Å². The van der Waals surface area contributed by atoms with Gasteiger partial charge in [-0.2, -0.15) is 0 Å². The summed E-state index contributed by atoms with van der Waals surface area (Å²) in [6.07, 6.45) is 0.351. The van der Waals surface area contributed by atoms with E-state index >= 15 is 0 Å². The average Bonchev–Trinajstić information content (AvgIpc) is 2.93. The molecule has 0 saturated carbocycles. The number of hydrogen-bond donors (Lipinski definition) is 1. The molecular weight excluding hydrogens is 538 g/mol. The van der Waals surface area contributed by atoms with E-state index in [4.69, 9.17) is 16.3 Å². The zero-order valence-corrected chi connectivity index (χ0v) is 24.1. The number of amides is 2. The van der Waals surface area contributed by atoms with E-state index < -0.39 is 28.5 Å². The summed E-state index contributed by atoms with van der Waals surface area (Å²) in [4.78, 5) is 28.2. The maximum absolute atomic E-state index is 14.0. The Hall–Kier alpha value is -3.56. The van der Waals surface area contributed by atoms with Crippen LogP contribution in [-0.2, 0) is 26.2 Å². The van der Waals surface area contributed by atoms with Crippen molar-refractivity contribution in [1.82, 2.24) is 10.2 Å². The normalized spacial score (nSPS) is 11.9. The number of likely N-dealkylation sites (N-methyl/N-ethyl adjacent to an activating group) is 1. The lowest BCUT2D eigenvalue weighted by molar-refractivity contribution is -0.140. The highest BCUT2D eigenvalue weighted by atomic mass is 35.5. The van der Waals surface area contributed by atoms with Crippen molar-refractivity contribution in [3.05, 3.63) is 88.9 Å². The first-order valence-electron chi connectivity index (χ1n) is 12.7. The minimum Gasteiger partial charge on any atom is -0.494 e. The molecule has 0 aliphatic heterocycles. The zero-order chi connectivity index (χ0) is 28.6. The van der Waals surface area contributed by atoms with Gasteiger partial charge in [0, 0.05) is 18.6 Å². The Bertz CT molecular complexity index is 1380. The molecule has 10 heteroatoms. The fourth-order valence-corrected chi connectivity index (χ4v) is 5.74. The number of nitrogens with one attached hydrogen (secondary N) is 1. The fourth-order valence-electron chi connectivity index (χ4n) is 4.19. The minimum absolute atomic E-state index is 0.0163. The van der Waals surface area contributed by atoms with Crippen LogP contribution in [0.4, 0.5) is 5.69 Å². The molecule has 0 aromatic heterocycles. The zero-order valence-electron chi connectivity index (χ0n) is 22.6. The first kappa shape index (κ1) is 30.0. The molecule has 8 nitrogen and oxygen atoms in total. The fraction of sp³-hybridized carbons (Fsp3) is 0.310. The third-order valence-electron chi connectivity index (χ3n) is 6.35. The largest absolute Gasteiger partial charge is 0.494 e. The third-order valence-corrected chi connectivity index (χ3v) is 8.39. The number of anilines is 1. The van der Waals surface area contributed by atoms with Crippen LogP contribution in [0.1, 0.15) is 31.4 Å². The van der Waals surface area contributed by atoms with Gasteiger partial charge in [-0.15, -0.1) is 0 Å². The molecule has 0 heterocycles. The van der Waals surface area contributed by atoms with Crippen molar-refractivity contribution in [2.24, 2.45) is 0 Å². The van der Waals surface area contributed by atoms with Crippen molar-refractivity contribution in [2.75, 3.05) is 24.5 Å². The van der Waals surface area contributed by atoms with E-state index in [1.807, 2.05) is 45.0 Å². The van der Waals surface area contributed by atoms with Crippen molar-refractivity contribution in [2.45, 2.75) is 44.7 Å². The second-order valence-electron chi connectivity index (χ2n) is 8.88. The summed E-state index contributed by atoms with van der Waals surface area (Å²) >= 11 is 5.99. The molecule has 2 amide bonds. The van der Waals surface area contributed by atoms with Gasteiger partial charge in [-0.05, 0) is 79.9 Å². The first-order valence-corrected chi connectivity index (χ1v) is 14.5. The van der Waals surface area contributed by atoms with E-state index in [0.717, 1.165) is 15.4 Å². The number of hydrogen-bond acceptors (Lipinski definition) is 5. The van der Waals surface area contributed by atoms with Gasteiger partial charge in [0.15, 0.2) is 0 Å². The van der Waals surface area contributed by atoms with Crippen LogP contribution in [-0.4, -0.2) is 51.4 Å². The molecule has 0 spiro atoms. The molecule has 1 N–H and O–H groups in total. The third kappa shape index (κ3) is 7.30. The number of carbonyl (C=O) groups excluding carboxylic acids is 2. The van der Waals surface area contributed by atoms with E-state index in [2.05, 4.69) is 5.32 Å². The molecule has 208 valence electrons. The van der Waals surface area contributed by atoms with Gasteiger partial charge >= 0.3 is 0 Å². The molecule has 3 rings (SSSR count). The monoisotopic (exact) mass is 571 g/mol. The van der Waals surface area contributed by atoms with Crippen LogP contribution in [0, 0.1) is 6.92 Å². The van der Waals surface area contributed by atoms with Gasteiger partial charge in [-0.1, -0.05) is 42.8 Å². The topological polar surface area (TPSA) is 96.0 Å². The minimum atomic E-state index is -4.18. The second-order valence-corrected chi connectivity index (χ2v) is 11.2. The number of rotatable bonds is 12. The highest BCUT2D eigenvalue weighted by Gasteiger charge is 2.33. The van der Waals surface area contributed by atoms with Crippen molar-refractivity contribution in [1.29, 1.82) is 0 Å². The highest BCUT2D eigenvalue weighted by molar-refractivity contribution is 7.92. The lowest BCUT2D eigenvalue weighted by Gasteiger charge is -2.33. The number of nitrogens with zero attached hydrogens (tertiary/aromatic N) is 2. The van der Waals surface area contributed by atoms with Gasteiger partial charge in [0.2, 0.25) is 11.8 Å². The summed E-state index contributed by atoms with van der Waals surface area (Å²) in [5.41, 5.74) is 2.10. The molecule has 0 aliphatic rings. The van der Waals surface area contributed by atoms with Gasteiger partial charge in [-0.25, -0.2) is 8.42 Å². The van der Waals surface area contributed by atoms with Gasteiger partial charge < -0.3 is 15.0 Å². The molecule has 0 aliphatic carbocycles. The van der Waals surface area contributed by atoms with Gasteiger partial charge in [0.1, 0.15) is 18.3 Å². The van der Waals surface area contributed by atoms with Crippen LogP contribution in [0.2, 0.25) is 5.02 Å². The Morgan fingerprint density at radius 2 is 1.62 bits per heavy atom. The Balaban J connectivity index is 2.07. The molecule has 0 bridgehead atoms. The quantitative estimate of drug-likeness (QED) is 0.337. The lowest BCUT2D eigenvalue weighted by atomic mass is 10.1. The number of carbonyl (C=O) groups is 2. The number of sulfonamides is 1. The van der Waals surface area contributed by atoms with Crippen LogP contribution in [0.5, 0.6) is 5.75 Å². The molecule has 3 aromatic rings. The predicted molar refractivity (Wildman–Crippen MR) is 153 cm³/mol. The molecule has 3 aromatic carbocycles. The lowest BCUT2D eigenvalue weighted by Crippen LogP contribution is -2.51. The maximum Gasteiger partial charge on any atom is 0.264 e. The van der Waals surface area contributed by atoms with E-state index in [0.29, 0.717) is 23.8 Å². The van der Waals surface area contributed by atoms with E-state index in [1.165, 1.54) is 36.2 Å². The van der Waals surface area contributed by atoms with Gasteiger partial charge in [0.25, 0.3) is 10.0 Å². The van der Waals surface area contributed by atoms with Crippen molar-refractivity contribution in [3.63, 3.8) is 0 Å². The SMILES string of the molecule is CCOc1ccc(N(CC(=O)N(Cc2ccccc2C)[C@H](CC)C(=O)NC)S(=O)(=O)c2ccc(Cl)cc2)cc1. The summed E-state index contributed by atoms with van der Waals surface area (Å²) in [6, 6.07) is 19.0. The smallest absolute Gasteiger partial charge is 0.264 e. The number of aryl methyl sites for hydroxylation is 1. The summed E-state index contributed by atoms with van der Waals surface area (Å²) in [5, 5.41) is 3.01. The molecule has 0 saturated heterocycles. The van der Waals surface area contributed by atoms with E-state index in [9.17, 15) is 18.0 Å². The Labute approximate surface area is 235 Å². The second kappa shape index (κ2) is 13.5. The van der Waals surface area contributed by atoms with Crippen molar-refractivity contribution < 1.29 is 22.7 Å². The van der Waals surface area contributed by atoms with Crippen LogP contribution >= 0.6 is 11.6 Å². The van der Waals surface area contributed by atoms with E-state index in [-0.39, 0.29) is 23.0 Å². The van der Waals surface area contributed by atoms with Crippen molar-refractivity contribution in [3.8, 4) is 5.75 Å².